The van der Waals surface area contributed by atoms with Crippen LogP contribution < -0.4 is 11.1 Å². The van der Waals surface area contributed by atoms with Crippen molar-refractivity contribution in [2.24, 2.45) is 17.6 Å². The van der Waals surface area contributed by atoms with Gasteiger partial charge in [0.2, 0.25) is 5.91 Å². The molecule has 1 fully saturated rings. The molecule has 1 heterocycles. The Kier molecular flexibility index (Phi) is 2.27. The van der Waals surface area contributed by atoms with Gasteiger partial charge in [0.1, 0.15) is 0 Å². The number of amides is 1. The molecule has 0 saturated carbocycles. The Morgan fingerprint density at radius 1 is 1.70 bits per heavy atom. The predicted molar refractivity (Wildman–Crippen MR) is 39.3 cm³/mol. The van der Waals surface area contributed by atoms with Crippen molar-refractivity contribution in [3.8, 4) is 0 Å². The van der Waals surface area contributed by atoms with Crippen LogP contribution >= 0.6 is 0 Å². The summed E-state index contributed by atoms with van der Waals surface area (Å²) in [5.74, 6) is 0.363. The Hall–Kier alpha value is -0.570. The normalized spacial score (nSPS) is 33.7. The highest BCUT2D eigenvalue weighted by Gasteiger charge is 2.25. The summed E-state index contributed by atoms with van der Waals surface area (Å²) in [4.78, 5) is 10.8. The molecule has 0 aromatic heterocycles. The summed E-state index contributed by atoms with van der Waals surface area (Å²) in [7, 11) is 0. The van der Waals surface area contributed by atoms with Crippen molar-refractivity contribution in [2.45, 2.75) is 13.3 Å². The molecule has 3 nitrogen and oxygen atoms in total. The molecule has 1 aliphatic rings. The molecule has 1 saturated heterocycles. The summed E-state index contributed by atoms with van der Waals surface area (Å²) >= 11 is 0. The quantitative estimate of drug-likeness (QED) is 0.529. The molecule has 3 N–H and O–H groups in total. The van der Waals surface area contributed by atoms with Gasteiger partial charge < -0.3 is 11.1 Å². The lowest BCUT2D eigenvalue weighted by atomic mass is 9.87. The molecular weight excluding hydrogens is 128 g/mol. The van der Waals surface area contributed by atoms with E-state index in [1.54, 1.807) is 0 Å². The molecule has 0 radical (unpaired) electrons. The van der Waals surface area contributed by atoms with Crippen LogP contribution in [0, 0.1) is 11.8 Å². The van der Waals surface area contributed by atoms with E-state index in [-0.39, 0.29) is 11.8 Å². The molecule has 0 aliphatic carbocycles. The molecule has 1 amide bonds. The summed E-state index contributed by atoms with van der Waals surface area (Å²) in [6.07, 6.45) is 0.899. The summed E-state index contributed by atoms with van der Waals surface area (Å²) < 4.78 is 0. The summed E-state index contributed by atoms with van der Waals surface area (Å²) in [6, 6.07) is 0. The number of nitrogens with two attached hydrogens (primary N) is 1. The van der Waals surface area contributed by atoms with Crippen molar-refractivity contribution >= 4 is 5.91 Å². The van der Waals surface area contributed by atoms with Gasteiger partial charge in [-0.05, 0) is 25.4 Å². The number of carbonyl (C=O) groups is 1. The Balaban J connectivity index is 2.47. The van der Waals surface area contributed by atoms with Crippen molar-refractivity contribution in [2.75, 3.05) is 13.1 Å². The average Bonchev–Trinajstić information content (AvgIpc) is 1.88. The molecule has 1 unspecified atom stereocenters. The monoisotopic (exact) mass is 142 g/mol. The van der Waals surface area contributed by atoms with Crippen LogP contribution in [0.15, 0.2) is 0 Å². The van der Waals surface area contributed by atoms with Crippen LogP contribution in [0.1, 0.15) is 13.3 Å². The maximum Gasteiger partial charge on any atom is 0.220 e. The third-order valence-electron chi connectivity index (χ3n) is 2.15. The SMILES string of the molecule is CC1CNCC[C@@H]1C(N)=O. The van der Waals surface area contributed by atoms with E-state index >= 15 is 0 Å². The third kappa shape index (κ3) is 1.48. The fraction of sp³-hybridized carbons (Fsp3) is 0.857. The van der Waals surface area contributed by atoms with Gasteiger partial charge in [0, 0.05) is 5.92 Å². The van der Waals surface area contributed by atoms with Crippen molar-refractivity contribution in [3.63, 3.8) is 0 Å². The Morgan fingerprint density at radius 2 is 2.40 bits per heavy atom. The summed E-state index contributed by atoms with van der Waals surface area (Å²) in [5.41, 5.74) is 5.19. The summed E-state index contributed by atoms with van der Waals surface area (Å²) in [6.45, 7) is 3.91. The zero-order valence-corrected chi connectivity index (χ0v) is 6.26. The number of hydrogen-bond donors (Lipinski definition) is 2. The first-order chi connectivity index (χ1) is 4.72. The zero-order chi connectivity index (χ0) is 7.56. The van der Waals surface area contributed by atoms with E-state index in [0.29, 0.717) is 5.92 Å². The number of carbonyl (C=O) groups excluding carboxylic acids is 1. The molecule has 0 aromatic carbocycles. The number of primary amides is 1. The summed E-state index contributed by atoms with van der Waals surface area (Å²) in [5, 5.41) is 3.21. The zero-order valence-electron chi connectivity index (χ0n) is 6.26. The number of nitrogens with one attached hydrogen (secondary N) is 1. The van der Waals surface area contributed by atoms with Crippen molar-refractivity contribution < 1.29 is 4.79 Å². The average molecular weight is 142 g/mol. The van der Waals surface area contributed by atoms with E-state index in [0.717, 1.165) is 19.5 Å². The molecule has 58 valence electrons. The lowest BCUT2D eigenvalue weighted by molar-refractivity contribution is -0.123. The van der Waals surface area contributed by atoms with Gasteiger partial charge in [0.05, 0.1) is 0 Å². The third-order valence-corrected chi connectivity index (χ3v) is 2.15. The van der Waals surface area contributed by atoms with Crippen LogP contribution in [0.2, 0.25) is 0 Å². The number of hydrogen-bond acceptors (Lipinski definition) is 2. The number of rotatable bonds is 1. The highest BCUT2D eigenvalue weighted by molar-refractivity contribution is 5.77. The van der Waals surface area contributed by atoms with E-state index in [1.807, 2.05) is 0 Å². The van der Waals surface area contributed by atoms with Crippen LogP contribution in [0.3, 0.4) is 0 Å². The standard InChI is InChI=1S/C7H14N2O/c1-5-4-9-3-2-6(5)7(8)10/h5-6,9H,2-4H2,1H3,(H2,8,10)/t5?,6-/m0/s1. The van der Waals surface area contributed by atoms with Gasteiger partial charge in [-0.25, -0.2) is 0 Å². The molecule has 2 atom stereocenters. The number of piperidine rings is 1. The van der Waals surface area contributed by atoms with Gasteiger partial charge in [-0.1, -0.05) is 6.92 Å². The van der Waals surface area contributed by atoms with Gasteiger partial charge >= 0.3 is 0 Å². The van der Waals surface area contributed by atoms with E-state index in [4.69, 9.17) is 5.73 Å². The maximum atomic E-state index is 10.8. The molecule has 0 aromatic rings. The minimum absolute atomic E-state index is 0.0984. The fourth-order valence-corrected chi connectivity index (χ4v) is 1.44. The second-order valence-electron chi connectivity index (χ2n) is 2.98. The molecule has 0 spiro atoms. The van der Waals surface area contributed by atoms with Crippen LogP contribution in [-0.2, 0) is 4.79 Å². The van der Waals surface area contributed by atoms with E-state index in [9.17, 15) is 4.79 Å². The van der Waals surface area contributed by atoms with Crippen molar-refractivity contribution in [1.82, 2.24) is 5.32 Å². The van der Waals surface area contributed by atoms with Crippen molar-refractivity contribution in [3.05, 3.63) is 0 Å². The van der Waals surface area contributed by atoms with Gasteiger partial charge in [-0.15, -0.1) is 0 Å². The molecular formula is C7H14N2O. The van der Waals surface area contributed by atoms with E-state index in [2.05, 4.69) is 12.2 Å². The second-order valence-corrected chi connectivity index (χ2v) is 2.98. The van der Waals surface area contributed by atoms with Gasteiger partial charge in [-0.2, -0.15) is 0 Å². The molecule has 10 heavy (non-hydrogen) atoms. The largest absolute Gasteiger partial charge is 0.369 e. The first-order valence-electron chi connectivity index (χ1n) is 3.72. The smallest absolute Gasteiger partial charge is 0.220 e. The van der Waals surface area contributed by atoms with Crippen molar-refractivity contribution in [1.29, 1.82) is 0 Å². The lowest BCUT2D eigenvalue weighted by Gasteiger charge is -2.26. The minimum atomic E-state index is -0.144. The molecule has 1 aliphatic heterocycles. The van der Waals surface area contributed by atoms with Crippen LogP contribution in [0.5, 0.6) is 0 Å². The molecule has 1 rings (SSSR count). The van der Waals surface area contributed by atoms with E-state index in [1.165, 1.54) is 0 Å². The highest BCUT2D eigenvalue weighted by Crippen LogP contribution is 2.17. The Bertz CT molecular complexity index is 136. The fourth-order valence-electron chi connectivity index (χ4n) is 1.44. The first-order valence-corrected chi connectivity index (χ1v) is 3.72. The topological polar surface area (TPSA) is 55.1 Å². The highest BCUT2D eigenvalue weighted by atomic mass is 16.1. The van der Waals surface area contributed by atoms with Crippen LogP contribution in [0.4, 0.5) is 0 Å². The van der Waals surface area contributed by atoms with E-state index < -0.39 is 0 Å². The predicted octanol–water partition coefficient (Wildman–Crippen LogP) is -0.283. The molecule has 3 heteroatoms. The Morgan fingerprint density at radius 3 is 2.80 bits per heavy atom. The lowest BCUT2D eigenvalue weighted by Crippen LogP contribution is -2.41. The minimum Gasteiger partial charge on any atom is -0.369 e. The van der Waals surface area contributed by atoms with Gasteiger partial charge in [0.15, 0.2) is 0 Å². The van der Waals surface area contributed by atoms with Crippen LogP contribution in [-0.4, -0.2) is 19.0 Å². The van der Waals surface area contributed by atoms with Gasteiger partial charge in [-0.3, -0.25) is 4.79 Å². The first kappa shape index (κ1) is 7.54. The van der Waals surface area contributed by atoms with Gasteiger partial charge in [0.25, 0.3) is 0 Å². The maximum absolute atomic E-state index is 10.8. The molecule has 0 bridgehead atoms. The van der Waals surface area contributed by atoms with Crippen LogP contribution in [0.25, 0.3) is 0 Å². The Labute approximate surface area is 61.0 Å². The second kappa shape index (κ2) is 3.01.